The van der Waals surface area contributed by atoms with E-state index in [-0.39, 0.29) is 5.91 Å². The number of nitrogens with zero attached hydrogens (tertiary/aromatic N) is 2. The lowest BCUT2D eigenvalue weighted by Crippen LogP contribution is -2.15. The van der Waals surface area contributed by atoms with E-state index in [0.717, 1.165) is 27.5 Å². The molecule has 126 valence electrons. The maximum atomic E-state index is 13.0. The van der Waals surface area contributed by atoms with E-state index in [2.05, 4.69) is 15.3 Å². The Hall–Kier alpha value is -3.02. The molecule has 0 bridgehead atoms. The first-order valence-electron chi connectivity index (χ1n) is 8.08. The van der Waals surface area contributed by atoms with Gasteiger partial charge >= 0.3 is 0 Å². The van der Waals surface area contributed by atoms with Crippen LogP contribution >= 0.6 is 0 Å². The molecule has 6 heteroatoms. The van der Waals surface area contributed by atoms with E-state index in [1.165, 1.54) is 0 Å². The minimum Gasteiger partial charge on any atom is -0.397 e. The van der Waals surface area contributed by atoms with Crippen LogP contribution in [0.25, 0.3) is 21.9 Å². The number of hydrogen-bond donors (Lipinski definition) is 2. The van der Waals surface area contributed by atoms with Gasteiger partial charge in [-0.3, -0.25) is 9.78 Å². The molecule has 5 nitrogen and oxygen atoms in total. The lowest BCUT2D eigenvalue weighted by atomic mass is 9.99. The summed E-state index contributed by atoms with van der Waals surface area (Å²) < 4.78 is 13.0. The first-order chi connectivity index (χ1) is 12.0. The number of benzene rings is 1. The third kappa shape index (κ3) is 2.91. The second kappa shape index (κ2) is 5.81. The summed E-state index contributed by atoms with van der Waals surface area (Å²) in [7, 11) is 0. The Morgan fingerprint density at radius 3 is 2.80 bits per heavy atom. The number of aromatic nitrogens is 2. The Morgan fingerprint density at radius 2 is 2.04 bits per heavy atom. The second-order valence-electron chi connectivity index (χ2n) is 6.38. The molecule has 2 atom stereocenters. The summed E-state index contributed by atoms with van der Waals surface area (Å²) >= 11 is 0. The highest BCUT2D eigenvalue weighted by molar-refractivity contribution is 5.96. The molecule has 0 radical (unpaired) electrons. The van der Waals surface area contributed by atoms with Crippen LogP contribution in [0, 0.1) is 12.8 Å². The number of carbonyl (C=O) groups excluding carboxylic acids is 1. The Morgan fingerprint density at radius 1 is 1.24 bits per heavy atom. The van der Waals surface area contributed by atoms with Crippen LogP contribution in [0.1, 0.15) is 12.0 Å². The van der Waals surface area contributed by atoms with E-state index in [0.29, 0.717) is 17.9 Å². The zero-order valence-corrected chi connectivity index (χ0v) is 13.7. The van der Waals surface area contributed by atoms with Gasteiger partial charge in [0.15, 0.2) is 0 Å². The van der Waals surface area contributed by atoms with E-state index in [1.54, 1.807) is 24.7 Å². The summed E-state index contributed by atoms with van der Waals surface area (Å²) in [5, 5.41) is 4.55. The molecule has 2 heterocycles. The van der Waals surface area contributed by atoms with Gasteiger partial charge < -0.3 is 11.1 Å². The predicted octanol–water partition coefficient (Wildman–Crippen LogP) is 3.48. The smallest absolute Gasteiger partial charge is 0.231 e. The molecular formula is C19H17FN4O. The average Bonchev–Trinajstić information content (AvgIpc) is 3.34. The lowest BCUT2D eigenvalue weighted by molar-refractivity contribution is -0.117. The van der Waals surface area contributed by atoms with Gasteiger partial charge in [0, 0.05) is 23.3 Å². The molecule has 2 aromatic heterocycles. The third-order valence-electron chi connectivity index (χ3n) is 4.59. The van der Waals surface area contributed by atoms with Crippen LogP contribution in [-0.4, -0.2) is 22.0 Å². The van der Waals surface area contributed by atoms with Gasteiger partial charge in [-0.15, -0.1) is 0 Å². The quantitative estimate of drug-likeness (QED) is 0.767. The topological polar surface area (TPSA) is 80.9 Å². The minimum atomic E-state index is -1.02. The number of hydrogen-bond acceptors (Lipinski definition) is 4. The molecule has 1 aromatic carbocycles. The fourth-order valence-corrected chi connectivity index (χ4v) is 2.86. The van der Waals surface area contributed by atoms with Gasteiger partial charge in [-0.2, -0.15) is 0 Å². The van der Waals surface area contributed by atoms with E-state index < -0.39 is 12.1 Å². The van der Waals surface area contributed by atoms with Crippen LogP contribution in [0.4, 0.5) is 15.9 Å². The molecule has 1 aliphatic carbocycles. The number of nitrogens with one attached hydrogen (secondary N) is 1. The molecule has 0 saturated heterocycles. The normalized spacial score (nSPS) is 19.0. The number of carbonyl (C=O) groups is 1. The molecule has 25 heavy (non-hydrogen) atoms. The molecule has 1 fully saturated rings. The summed E-state index contributed by atoms with van der Waals surface area (Å²) in [6.07, 6.45) is 4.41. The van der Waals surface area contributed by atoms with Crippen molar-refractivity contribution in [2.24, 2.45) is 5.92 Å². The van der Waals surface area contributed by atoms with Gasteiger partial charge in [0.25, 0.3) is 0 Å². The van der Waals surface area contributed by atoms with Crippen molar-refractivity contribution >= 4 is 28.2 Å². The average molecular weight is 336 g/mol. The monoisotopic (exact) mass is 336 g/mol. The summed E-state index contributed by atoms with van der Waals surface area (Å²) in [5.74, 6) is -0.400. The van der Waals surface area contributed by atoms with Gasteiger partial charge in [0.1, 0.15) is 12.0 Å². The summed E-state index contributed by atoms with van der Waals surface area (Å²) in [6.45, 7) is 1.96. The van der Waals surface area contributed by atoms with Gasteiger partial charge in [-0.05, 0) is 42.0 Å². The number of halogens is 1. The molecular weight excluding hydrogens is 319 g/mol. The summed E-state index contributed by atoms with van der Waals surface area (Å²) in [4.78, 5) is 20.2. The number of rotatable bonds is 3. The largest absolute Gasteiger partial charge is 0.397 e. The van der Waals surface area contributed by atoms with Gasteiger partial charge in [-0.25, -0.2) is 9.37 Å². The van der Waals surface area contributed by atoms with Crippen molar-refractivity contribution in [2.75, 3.05) is 11.1 Å². The Bertz CT molecular complexity index is 988. The van der Waals surface area contributed by atoms with Crippen molar-refractivity contribution in [3.63, 3.8) is 0 Å². The van der Waals surface area contributed by atoms with Crippen molar-refractivity contribution in [3.8, 4) is 11.1 Å². The molecule has 0 unspecified atom stereocenters. The molecule has 0 aliphatic heterocycles. The van der Waals surface area contributed by atoms with E-state index in [4.69, 9.17) is 5.73 Å². The maximum absolute atomic E-state index is 13.0. The SMILES string of the molecule is Cc1c(N)cncc1-c1ccc2cc(NC(=O)[C@@H]3C[C@@H]3F)ncc2c1. The number of nitrogen functional groups attached to an aromatic ring is 1. The van der Waals surface area contributed by atoms with E-state index in [1.807, 2.05) is 25.1 Å². The highest BCUT2D eigenvalue weighted by Gasteiger charge is 2.43. The Balaban J connectivity index is 1.65. The predicted molar refractivity (Wildman–Crippen MR) is 95.8 cm³/mol. The highest BCUT2D eigenvalue weighted by atomic mass is 19.1. The minimum absolute atomic E-state index is 0.302. The van der Waals surface area contributed by atoms with E-state index >= 15 is 0 Å². The maximum Gasteiger partial charge on any atom is 0.231 e. The summed E-state index contributed by atoms with van der Waals surface area (Å²) in [5.41, 5.74) is 9.55. The fourth-order valence-electron chi connectivity index (χ4n) is 2.86. The van der Waals surface area contributed by atoms with Crippen LogP contribution in [0.2, 0.25) is 0 Å². The zero-order chi connectivity index (χ0) is 17.6. The van der Waals surface area contributed by atoms with Crippen molar-refractivity contribution in [1.82, 2.24) is 9.97 Å². The molecule has 3 N–H and O–H groups in total. The van der Waals surface area contributed by atoms with Crippen LogP contribution in [-0.2, 0) is 4.79 Å². The number of alkyl halides is 1. The molecule has 1 aliphatic rings. The third-order valence-corrected chi connectivity index (χ3v) is 4.59. The molecule has 4 rings (SSSR count). The first kappa shape index (κ1) is 15.5. The Kier molecular flexibility index (Phi) is 3.60. The molecule has 0 spiro atoms. The standard InChI is InChI=1S/C19H17FN4O/c1-10-15(8-22-9-17(10)21)12-3-2-11-5-18(23-7-13(11)4-12)24-19(25)14-6-16(14)20/h2-5,7-9,14,16H,6,21H2,1H3,(H,23,24,25)/t14-,16+/m1/s1. The number of anilines is 2. The van der Waals surface area contributed by atoms with Crippen molar-refractivity contribution in [1.29, 1.82) is 0 Å². The van der Waals surface area contributed by atoms with Crippen molar-refractivity contribution in [2.45, 2.75) is 19.5 Å². The van der Waals surface area contributed by atoms with Crippen LogP contribution < -0.4 is 11.1 Å². The van der Waals surface area contributed by atoms with Crippen LogP contribution in [0.3, 0.4) is 0 Å². The molecule has 3 aromatic rings. The first-order valence-corrected chi connectivity index (χ1v) is 8.08. The Labute approximate surface area is 144 Å². The highest BCUT2D eigenvalue weighted by Crippen LogP contribution is 2.35. The summed E-state index contributed by atoms with van der Waals surface area (Å²) in [6, 6.07) is 7.74. The number of amides is 1. The second-order valence-corrected chi connectivity index (χ2v) is 6.38. The lowest BCUT2D eigenvalue weighted by Gasteiger charge is -2.10. The number of nitrogens with two attached hydrogens (primary N) is 1. The van der Waals surface area contributed by atoms with Crippen LogP contribution in [0.5, 0.6) is 0 Å². The fraction of sp³-hybridized carbons (Fsp3) is 0.211. The molecule has 1 saturated carbocycles. The van der Waals surface area contributed by atoms with E-state index in [9.17, 15) is 9.18 Å². The van der Waals surface area contributed by atoms with Crippen molar-refractivity contribution < 1.29 is 9.18 Å². The zero-order valence-electron chi connectivity index (χ0n) is 13.7. The number of pyridine rings is 2. The molecule has 1 amide bonds. The van der Waals surface area contributed by atoms with Crippen molar-refractivity contribution in [3.05, 3.63) is 48.4 Å². The van der Waals surface area contributed by atoms with Gasteiger partial charge in [0.05, 0.1) is 17.8 Å². The van der Waals surface area contributed by atoms with Crippen LogP contribution in [0.15, 0.2) is 42.9 Å². The van der Waals surface area contributed by atoms with Gasteiger partial charge in [0.2, 0.25) is 5.91 Å². The number of fused-ring (bicyclic) bond motifs is 1. The van der Waals surface area contributed by atoms with Gasteiger partial charge in [-0.1, -0.05) is 12.1 Å².